The van der Waals surface area contributed by atoms with Crippen LogP contribution >= 0.6 is 11.3 Å². The highest BCUT2D eigenvalue weighted by atomic mass is 32.1. The Bertz CT molecular complexity index is 518. The number of rotatable bonds is 2. The van der Waals surface area contributed by atoms with Crippen molar-refractivity contribution >= 4 is 16.5 Å². The second-order valence-electron chi connectivity index (χ2n) is 4.58. The van der Waals surface area contributed by atoms with Crippen LogP contribution in [0.1, 0.15) is 35.7 Å². The molecular weight excluding hydrogens is 228 g/mol. The minimum absolute atomic E-state index is 0.436. The molecule has 0 radical (unpaired) electrons. The number of thiazole rings is 1. The molecule has 1 aliphatic rings. The zero-order valence-corrected chi connectivity index (χ0v) is 10.8. The first-order chi connectivity index (χ1) is 8.33. The van der Waals surface area contributed by atoms with Gasteiger partial charge in [-0.2, -0.15) is 0 Å². The molecule has 1 N–H and O–H groups in total. The lowest BCUT2D eigenvalue weighted by Crippen LogP contribution is -2.17. The van der Waals surface area contributed by atoms with Gasteiger partial charge in [-0.1, -0.05) is 24.3 Å². The van der Waals surface area contributed by atoms with Crippen LogP contribution in [0.25, 0.3) is 0 Å². The van der Waals surface area contributed by atoms with E-state index in [9.17, 15) is 0 Å². The Morgan fingerprint density at radius 1 is 1.35 bits per heavy atom. The largest absolute Gasteiger partial charge is 0.355 e. The van der Waals surface area contributed by atoms with Crippen LogP contribution in [0.4, 0.5) is 5.13 Å². The van der Waals surface area contributed by atoms with E-state index in [2.05, 4.69) is 39.9 Å². The van der Waals surface area contributed by atoms with Crippen molar-refractivity contribution < 1.29 is 0 Å². The van der Waals surface area contributed by atoms with E-state index in [0.29, 0.717) is 6.04 Å². The van der Waals surface area contributed by atoms with E-state index < -0.39 is 0 Å². The predicted molar refractivity (Wildman–Crippen MR) is 72.6 cm³/mol. The Morgan fingerprint density at radius 3 is 3.06 bits per heavy atom. The van der Waals surface area contributed by atoms with Crippen molar-refractivity contribution in [2.75, 3.05) is 5.32 Å². The summed E-state index contributed by atoms with van der Waals surface area (Å²) in [6, 6.07) is 9.19. The van der Waals surface area contributed by atoms with Crippen molar-refractivity contribution in [2.45, 2.75) is 32.2 Å². The van der Waals surface area contributed by atoms with Gasteiger partial charge in [-0.25, -0.2) is 4.98 Å². The maximum absolute atomic E-state index is 4.49. The van der Waals surface area contributed by atoms with Crippen molar-refractivity contribution in [3.05, 3.63) is 46.5 Å². The summed E-state index contributed by atoms with van der Waals surface area (Å²) in [4.78, 5) is 4.49. The fourth-order valence-electron chi connectivity index (χ4n) is 2.47. The van der Waals surface area contributed by atoms with Crippen LogP contribution < -0.4 is 5.32 Å². The monoisotopic (exact) mass is 244 g/mol. The molecule has 2 nitrogen and oxygen atoms in total. The van der Waals surface area contributed by atoms with Gasteiger partial charge in [0.15, 0.2) is 5.13 Å². The summed E-state index contributed by atoms with van der Waals surface area (Å²) in [7, 11) is 0. The van der Waals surface area contributed by atoms with E-state index in [1.54, 1.807) is 11.3 Å². The molecule has 1 unspecified atom stereocenters. The number of nitrogens with one attached hydrogen (secondary N) is 1. The van der Waals surface area contributed by atoms with Gasteiger partial charge in [-0.3, -0.25) is 0 Å². The smallest absolute Gasteiger partial charge is 0.183 e. The lowest BCUT2D eigenvalue weighted by atomic mass is 9.88. The van der Waals surface area contributed by atoms with Crippen LogP contribution in [0.5, 0.6) is 0 Å². The number of aromatic nitrogens is 1. The Morgan fingerprint density at radius 2 is 2.24 bits per heavy atom. The summed E-state index contributed by atoms with van der Waals surface area (Å²) in [5.74, 6) is 0. The minimum Gasteiger partial charge on any atom is -0.355 e. The minimum atomic E-state index is 0.436. The average Bonchev–Trinajstić information content (AvgIpc) is 2.75. The summed E-state index contributed by atoms with van der Waals surface area (Å²) in [5, 5.41) is 6.71. The third kappa shape index (κ3) is 2.20. The van der Waals surface area contributed by atoms with E-state index in [4.69, 9.17) is 0 Å². The van der Waals surface area contributed by atoms with Crippen molar-refractivity contribution in [1.82, 2.24) is 4.98 Å². The van der Waals surface area contributed by atoms with Crippen LogP contribution in [0.2, 0.25) is 0 Å². The fourth-order valence-corrected chi connectivity index (χ4v) is 3.22. The quantitative estimate of drug-likeness (QED) is 0.865. The molecule has 0 saturated heterocycles. The first-order valence-electron chi connectivity index (χ1n) is 6.09. The molecule has 1 aromatic heterocycles. The average molecular weight is 244 g/mol. The SMILES string of the molecule is Cc1csc(NC2CCCc3ccccc32)n1. The Hall–Kier alpha value is -1.35. The van der Waals surface area contributed by atoms with E-state index in [-0.39, 0.29) is 0 Å². The van der Waals surface area contributed by atoms with Gasteiger partial charge in [0, 0.05) is 5.38 Å². The third-order valence-corrected chi connectivity index (χ3v) is 4.18. The molecular formula is C14H16N2S. The molecule has 2 aromatic rings. The molecule has 0 saturated carbocycles. The standard InChI is InChI=1S/C14H16N2S/c1-10-9-17-14(15-10)16-13-8-4-6-11-5-2-3-7-12(11)13/h2-3,5,7,9,13H,4,6,8H2,1H3,(H,15,16). The van der Waals surface area contributed by atoms with Crippen LogP contribution in [0.15, 0.2) is 29.6 Å². The van der Waals surface area contributed by atoms with Crippen molar-refractivity contribution in [3.63, 3.8) is 0 Å². The molecule has 3 heteroatoms. The second-order valence-corrected chi connectivity index (χ2v) is 5.44. The Kier molecular flexibility index (Phi) is 2.85. The third-order valence-electron chi connectivity index (χ3n) is 3.29. The van der Waals surface area contributed by atoms with Crippen LogP contribution in [-0.2, 0) is 6.42 Å². The van der Waals surface area contributed by atoms with E-state index in [1.807, 2.05) is 6.92 Å². The number of benzene rings is 1. The molecule has 0 bridgehead atoms. The lowest BCUT2D eigenvalue weighted by molar-refractivity contribution is 0.600. The molecule has 3 rings (SSSR count). The highest BCUT2D eigenvalue weighted by Gasteiger charge is 2.20. The summed E-state index contributed by atoms with van der Waals surface area (Å²) in [5.41, 5.74) is 4.04. The molecule has 88 valence electrons. The van der Waals surface area contributed by atoms with Crippen molar-refractivity contribution in [1.29, 1.82) is 0 Å². The molecule has 1 heterocycles. The van der Waals surface area contributed by atoms with E-state index in [0.717, 1.165) is 10.8 Å². The van der Waals surface area contributed by atoms with E-state index in [1.165, 1.54) is 30.4 Å². The number of hydrogen-bond acceptors (Lipinski definition) is 3. The molecule has 0 fully saturated rings. The van der Waals surface area contributed by atoms with Gasteiger partial charge in [0.05, 0.1) is 11.7 Å². The number of fused-ring (bicyclic) bond motifs is 1. The predicted octanol–water partition coefficient (Wildman–Crippen LogP) is 3.94. The molecule has 1 aromatic carbocycles. The highest BCUT2D eigenvalue weighted by molar-refractivity contribution is 7.13. The zero-order chi connectivity index (χ0) is 11.7. The van der Waals surface area contributed by atoms with Crippen molar-refractivity contribution in [2.24, 2.45) is 0 Å². The number of aryl methyl sites for hydroxylation is 2. The summed E-state index contributed by atoms with van der Waals surface area (Å²) >= 11 is 1.70. The van der Waals surface area contributed by atoms with Crippen LogP contribution in [-0.4, -0.2) is 4.98 Å². The first-order valence-corrected chi connectivity index (χ1v) is 6.97. The highest BCUT2D eigenvalue weighted by Crippen LogP contribution is 2.32. The van der Waals surface area contributed by atoms with Gasteiger partial charge < -0.3 is 5.32 Å². The number of nitrogens with zero attached hydrogens (tertiary/aromatic N) is 1. The van der Waals surface area contributed by atoms with Gasteiger partial charge >= 0.3 is 0 Å². The normalized spacial score (nSPS) is 18.8. The summed E-state index contributed by atoms with van der Waals surface area (Å²) in [6.07, 6.45) is 3.68. The number of anilines is 1. The zero-order valence-electron chi connectivity index (χ0n) is 9.94. The lowest BCUT2D eigenvalue weighted by Gasteiger charge is -2.26. The van der Waals surface area contributed by atoms with Gasteiger partial charge in [0.1, 0.15) is 0 Å². The second kappa shape index (κ2) is 4.49. The van der Waals surface area contributed by atoms with Gasteiger partial charge in [0.2, 0.25) is 0 Å². The van der Waals surface area contributed by atoms with Crippen LogP contribution in [0, 0.1) is 6.92 Å². The Balaban J connectivity index is 1.85. The summed E-state index contributed by atoms with van der Waals surface area (Å²) in [6.45, 7) is 2.04. The van der Waals surface area contributed by atoms with Crippen molar-refractivity contribution in [3.8, 4) is 0 Å². The molecule has 17 heavy (non-hydrogen) atoms. The number of hydrogen-bond donors (Lipinski definition) is 1. The molecule has 1 aliphatic carbocycles. The maximum atomic E-state index is 4.49. The molecule has 0 spiro atoms. The van der Waals surface area contributed by atoms with E-state index >= 15 is 0 Å². The van der Waals surface area contributed by atoms with Gasteiger partial charge in [0.25, 0.3) is 0 Å². The molecule has 0 amide bonds. The van der Waals surface area contributed by atoms with Crippen LogP contribution in [0.3, 0.4) is 0 Å². The fraction of sp³-hybridized carbons (Fsp3) is 0.357. The Labute approximate surface area is 106 Å². The van der Waals surface area contributed by atoms with Gasteiger partial charge in [-0.15, -0.1) is 11.3 Å². The molecule has 0 aliphatic heterocycles. The topological polar surface area (TPSA) is 24.9 Å². The maximum Gasteiger partial charge on any atom is 0.183 e. The summed E-state index contributed by atoms with van der Waals surface area (Å²) < 4.78 is 0. The van der Waals surface area contributed by atoms with Gasteiger partial charge in [-0.05, 0) is 37.3 Å². The molecule has 1 atom stereocenters. The first kappa shape index (κ1) is 10.8.